The lowest BCUT2D eigenvalue weighted by molar-refractivity contribution is -0.160. The first kappa shape index (κ1) is 27.7. The van der Waals surface area contributed by atoms with Crippen LogP contribution in [-0.2, 0) is 23.9 Å². The Balaban J connectivity index is 1.22. The lowest BCUT2D eigenvalue weighted by Crippen LogP contribution is -2.47. The Labute approximate surface area is 245 Å². The quantitative estimate of drug-likeness (QED) is 0.273. The van der Waals surface area contributed by atoms with E-state index in [0.717, 1.165) is 33.6 Å². The van der Waals surface area contributed by atoms with Crippen LogP contribution in [0.25, 0.3) is 0 Å². The SMILES string of the molecule is CCCC[C@H](C(=O)OCC(=O)Nc1ccc(OCC)cc1)N1C(=O)[C@@H]2C3c4ccccc4C(c4ccccc43)[C@@H]2C1=O. The number of esters is 1. The lowest BCUT2D eigenvalue weighted by Gasteiger charge is -2.45. The number of benzene rings is 3. The maximum atomic E-state index is 14.1. The van der Waals surface area contributed by atoms with Gasteiger partial charge in [0, 0.05) is 17.5 Å². The third-order valence-corrected chi connectivity index (χ3v) is 8.69. The van der Waals surface area contributed by atoms with Crippen molar-refractivity contribution in [3.8, 4) is 5.75 Å². The van der Waals surface area contributed by atoms with Gasteiger partial charge in [-0.05, 0) is 59.9 Å². The summed E-state index contributed by atoms with van der Waals surface area (Å²) in [6.07, 6.45) is 1.67. The van der Waals surface area contributed by atoms with Crippen molar-refractivity contribution in [3.63, 3.8) is 0 Å². The molecule has 0 spiro atoms. The molecule has 42 heavy (non-hydrogen) atoms. The highest BCUT2D eigenvalue weighted by atomic mass is 16.5. The van der Waals surface area contributed by atoms with Gasteiger partial charge >= 0.3 is 5.97 Å². The minimum Gasteiger partial charge on any atom is -0.494 e. The van der Waals surface area contributed by atoms with Crippen molar-refractivity contribution in [1.29, 1.82) is 0 Å². The zero-order chi connectivity index (χ0) is 29.4. The fourth-order valence-corrected chi connectivity index (χ4v) is 6.99. The number of ether oxygens (including phenoxy) is 2. The number of unbranched alkanes of at least 4 members (excludes halogenated alkanes) is 1. The van der Waals surface area contributed by atoms with E-state index < -0.39 is 36.4 Å². The number of imide groups is 1. The number of hydrogen-bond donors (Lipinski definition) is 1. The first-order chi connectivity index (χ1) is 20.4. The predicted octanol–water partition coefficient (Wildman–Crippen LogP) is 5.02. The highest BCUT2D eigenvalue weighted by molar-refractivity contribution is 6.10. The summed E-state index contributed by atoms with van der Waals surface area (Å²) < 4.78 is 10.8. The maximum absolute atomic E-state index is 14.1. The highest BCUT2D eigenvalue weighted by Gasteiger charge is 2.63. The molecule has 1 N–H and O–H groups in total. The minimum atomic E-state index is -1.08. The summed E-state index contributed by atoms with van der Waals surface area (Å²) in [6.45, 7) is 3.87. The molecule has 0 aromatic heterocycles. The monoisotopic (exact) mass is 566 g/mol. The molecular formula is C34H34N2O6. The van der Waals surface area contributed by atoms with Gasteiger partial charge in [0.05, 0.1) is 18.4 Å². The third kappa shape index (κ3) is 4.65. The van der Waals surface area contributed by atoms with Crippen molar-refractivity contribution in [2.24, 2.45) is 11.8 Å². The number of anilines is 1. The third-order valence-electron chi connectivity index (χ3n) is 8.69. The second-order valence-electron chi connectivity index (χ2n) is 11.1. The molecule has 1 saturated heterocycles. The number of nitrogens with one attached hydrogen (secondary N) is 1. The Morgan fingerprint density at radius 1 is 0.810 bits per heavy atom. The molecule has 3 aromatic carbocycles. The van der Waals surface area contributed by atoms with Gasteiger partial charge in [0.25, 0.3) is 5.91 Å². The number of hydrogen-bond acceptors (Lipinski definition) is 6. The van der Waals surface area contributed by atoms with Crippen LogP contribution in [-0.4, -0.2) is 47.8 Å². The van der Waals surface area contributed by atoms with E-state index in [9.17, 15) is 19.2 Å². The zero-order valence-electron chi connectivity index (χ0n) is 23.7. The summed E-state index contributed by atoms with van der Waals surface area (Å²) in [4.78, 5) is 55.5. The largest absolute Gasteiger partial charge is 0.494 e. The first-order valence-electron chi connectivity index (χ1n) is 14.7. The summed E-state index contributed by atoms with van der Waals surface area (Å²) in [6, 6.07) is 21.8. The second kappa shape index (κ2) is 11.4. The zero-order valence-corrected chi connectivity index (χ0v) is 23.7. The Kier molecular flexibility index (Phi) is 7.54. The van der Waals surface area contributed by atoms with Gasteiger partial charge in [-0.15, -0.1) is 0 Å². The number of likely N-dealkylation sites (tertiary alicyclic amines) is 1. The molecule has 3 amide bonds. The molecule has 0 unspecified atom stereocenters. The fraction of sp³-hybridized carbons (Fsp3) is 0.353. The molecule has 8 heteroatoms. The topological polar surface area (TPSA) is 102 Å². The fourth-order valence-electron chi connectivity index (χ4n) is 6.99. The van der Waals surface area contributed by atoms with Crippen LogP contribution in [0.3, 0.4) is 0 Å². The molecule has 1 heterocycles. The average Bonchev–Trinajstić information content (AvgIpc) is 3.27. The predicted molar refractivity (Wildman–Crippen MR) is 156 cm³/mol. The van der Waals surface area contributed by atoms with Crippen LogP contribution in [0.15, 0.2) is 72.8 Å². The van der Waals surface area contributed by atoms with E-state index >= 15 is 0 Å². The highest BCUT2D eigenvalue weighted by Crippen LogP contribution is 2.61. The Hall–Kier alpha value is -4.46. The van der Waals surface area contributed by atoms with Crippen molar-refractivity contribution in [1.82, 2.24) is 4.90 Å². The Bertz CT molecular complexity index is 1420. The summed E-state index contributed by atoms with van der Waals surface area (Å²) in [5.74, 6) is -2.90. The summed E-state index contributed by atoms with van der Waals surface area (Å²) in [7, 11) is 0. The van der Waals surface area contributed by atoms with Crippen LogP contribution in [0, 0.1) is 11.8 Å². The van der Waals surface area contributed by atoms with Gasteiger partial charge in [0.1, 0.15) is 11.8 Å². The molecule has 3 aromatic rings. The Morgan fingerprint density at radius 3 is 1.81 bits per heavy atom. The molecule has 3 aliphatic carbocycles. The van der Waals surface area contributed by atoms with Gasteiger partial charge in [0.15, 0.2) is 6.61 Å². The number of nitrogens with zero attached hydrogens (tertiary/aromatic N) is 1. The van der Waals surface area contributed by atoms with Gasteiger partial charge < -0.3 is 14.8 Å². The van der Waals surface area contributed by atoms with Gasteiger partial charge in [-0.2, -0.15) is 0 Å². The first-order valence-corrected chi connectivity index (χ1v) is 14.7. The van der Waals surface area contributed by atoms with Crippen molar-refractivity contribution in [2.75, 3.05) is 18.5 Å². The van der Waals surface area contributed by atoms with E-state index in [-0.39, 0.29) is 30.1 Å². The molecule has 2 bridgehead atoms. The van der Waals surface area contributed by atoms with Crippen LogP contribution in [0.4, 0.5) is 5.69 Å². The van der Waals surface area contributed by atoms with Gasteiger partial charge in [-0.3, -0.25) is 19.3 Å². The lowest BCUT2D eigenvalue weighted by atomic mass is 9.55. The normalized spacial score (nSPS) is 22.2. The molecule has 8 nitrogen and oxygen atoms in total. The molecule has 3 atom stereocenters. The van der Waals surface area contributed by atoms with E-state index in [4.69, 9.17) is 9.47 Å². The van der Waals surface area contributed by atoms with Gasteiger partial charge in [0.2, 0.25) is 11.8 Å². The van der Waals surface area contributed by atoms with Gasteiger partial charge in [-0.25, -0.2) is 4.79 Å². The molecule has 216 valence electrons. The molecule has 7 rings (SSSR count). The smallest absolute Gasteiger partial charge is 0.329 e. The molecule has 1 aliphatic heterocycles. The summed E-state index contributed by atoms with van der Waals surface area (Å²) >= 11 is 0. The van der Waals surface area contributed by atoms with Crippen LogP contribution >= 0.6 is 0 Å². The van der Waals surface area contributed by atoms with Crippen LogP contribution in [0.1, 0.15) is 67.2 Å². The molecular weight excluding hydrogens is 532 g/mol. The standard InChI is InChI=1S/C34H34N2O6/c1-3-5-14-26(34(40)42-19-27(37)35-20-15-17-21(18-16-20)41-4-2)36-32(38)30-28-22-10-6-7-11-23(22)29(31(30)33(36)39)25-13-9-8-12-24(25)28/h6-13,15-18,26,28-31H,3-5,14,19H2,1-2H3,(H,35,37)/t26-,28?,29?,30-,31+/m1/s1. The van der Waals surface area contributed by atoms with E-state index in [1.165, 1.54) is 0 Å². The van der Waals surface area contributed by atoms with E-state index in [1.807, 2.05) is 62.4 Å². The van der Waals surface area contributed by atoms with Crippen molar-refractivity contribution in [2.45, 2.75) is 51.0 Å². The number of carbonyl (C=O) groups excluding carboxylic acids is 4. The molecule has 1 fully saturated rings. The van der Waals surface area contributed by atoms with Crippen LogP contribution in [0.5, 0.6) is 5.75 Å². The van der Waals surface area contributed by atoms with Crippen molar-refractivity contribution >= 4 is 29.4 Å². The minimum absolute atomic E-state index is 0.253. The van der Waals surface area contributed by atoms with E-state index in [1.54, 1.807) is 24.3 Å². The summed E-state index contributed by atoms with van der Waals surface area (Å²) in [5.41, 5.74) is 4.83. The van der Waals surface area contributed by atoms with E-state index in [2.05, 4.69) is 5.32 Å². The molecule has 4 aliphatic rings. The number of rotatable bonds is 10. The Morgan fingerprint density at radius 2 is 1.33 bits per heavy atom. The van der Waals surface area contributed by atoms with Gasteiger partial charge in [-0.1, -0.05) is 68.3 Å². The van der Waals surface area contributed by atoms with Crippen molar-refractivity contribution in [3.05, 3.63) is 95.1 Å². The average molecular weight is 567 g/mol. The molecule has 0 radical (unpaired) electrons. The summed E-state index contributed by atoms with van der Waals surface area (Å²) in [5, 5.41) is 2.70. The van der Waals surface area contributed by atoms with Crippen LogP contribution in [0.2, 0.25) is 0 Å². The molecule has 0 saturated carbocycles. The maximum Gasteiger partial charge on any atom is 0.329 e. The van der Waals surface area contributed by atoms with Crippen LogP contribution < -0.4 is 10.1 Å². The second-order valence-corrected chi connectivity index (χ2v) is 11.1. The number of carbonyl (C=O) groups is 4. The number of amides is 3. The van der Waals surface area contributed by atoms with E-state index in [0.29, 0.717) is 24.5 Å². The van der Waals surface area contributed by atoms with Crippen molar-refractivity contribution < 1.29 is 28.7 Å².